The average Bonchev–Trinajstić information content (AvgIpc) is 2.86. The zero-order chi connectivity index (χ0) is 28.5. The number of methoxy groups -OCH3 is 1. The van der Waals surface area contributed by atoms with Gasteiger partial charge in [0.1, 0.15) is 11.4 Å². The lowest BCUT2D eigenvalue weighted by atomic mass is 9.95. The number of alkyl halides is 3. The van der Waals surface area contributed by atoms with Crippen LogP contribution in [0.3, 0.4) is 0 Å². The van der Waals surface area contributed by atoms with Crippen molar-refractivity contribution in [3.8, 4) is 17.0 Å². The zero-order valence-electron chi connectivity index (χ0n) is 22.8. The summed E-state index contributed by atoms with van der Waals surface area (Å²) in [6.45, 7) is 8.33. The Balaban J connectivity index is 1.66. The van der Waals surface area contributed by atoms with Crippen LogP contribution >= 0.6 is 0 Å². The normalized spacial score (nSPS) is 20.0. The van der Waals surface area contributed by atoms with Gasteiger partial charge in [0.05, 0.1) is 17.4 Å². The summed E-state index contributed by atoms with van der Waals surface area (Å²) in [6, 6.07) is 3.55. The number of ether oxygens (including phenoxy) is 3. The molecule has 2 aromatic rings. The number of fused-ring (bicyclic) bond motifs is 1. The molecule has 214 valence electrons. The summed E-state index contributed by atoms with van der Waals surface area (Å²) < 4.78 is 56.4. The third-order valence-electron chi connectivity index (χ3n) is 6.78. The molecule has 39 heavy (non-hydrogen) atoms. The number of aliphatic hydroxyl groups is 1. The molecule has 0 radical (unpaired) electrons. The molecule has 1 aromatic carbocycles. The monoisotopic (exact) mass is 552 g/mol. The van der Waals surface area contributed by atoms with Gasteiger partial charge in [-0.2, -0.15) is 13.2 Å². The van der Waals surface area contributed by atoms with E-state index >= 15 is 0 Å². The van der Waals surface area contributed by atoms with Crippen molar-refractivity contribution in [2.45, 2.75) is 70.9 Å². The summed E-state index contributed by atoms with van der Waals surface area (Å²) in [6.07, 6.45) is -3.71. The lowest BCUT2D eigenvalue weighted by molar-refractivity contribution is -0.137. The molecular weight excluding hydrogens is 517 g/mol. The van der Waals surface area contributed by atoms with Gasteiger partial charge in [-0.3, -0.25) is 0 Å². The highest BCUT2D eigenvalue weighted by atomic mass is 19.4. The highest BCUT2D eigenvalue weighted by Gasteiger charge is 2.36. The molecular formula is C27H35F3N4O5. The van der Waals surface area contributed by atoms with Crippen molar-refractivity contribution in [1.82, 2.24) is 15.1 Å². The molecule has 4 rings (SSSR count). The van der Waals surface area contributed by atoms with Crippen LogP contribution in [0, 0.1) is 6.92 Å². The maximum Gasteiger partial charge on any atom is 0.416 e. The first kappa shape index (κ1) is 28.9. The highest BCUT2D eigenvalue weighted by molar-refractivity contribution is 5.73. The van der Waals surface area contributed by atoms with Crippen molar-refractivity contribution in [1.29, 1.82) is 0 Å². The van der Waals surface area contributed by atoms with E-state index in [-0.39, 0.29) is 30.4 Å². The Morgan fingerprint density at radius 1 is 1.13 bits per heavy atom. The van der Waals surface area contributed by atoms with Gasteiger partial charge in [-0.1, -0.05) is 0 Å². The number of likely N-dealkylation sites (tertiary alicyclic amines) is 1. The van der Waals surface area contributed by atoms with Crippen LogP contribution in [-0.4, -0.2) is 71.5 Å². The van der Waals surface area contributed by atoms with Gasteiger partial charge in [-0.25, -0.2) is 4.79 Å². The van der Waals surface area contributed by atoms with E-state index in [1.165, 1.54) is 7.11 Å². The minimum atomic E-state index is -4.56. The molecule has 0 spiro atoms. The van der Waals surface area contributed by atoms with E-state index in [2.05, 4.69) is 15.1 Å². The number of carbonyl (C=O) groups is 1. The number of aryl methyl sites for hydroxylation is 1. The van der Waals surface area contributed by atoms with Crippen LogP contribution in [0.25, 0.3) is 11.3 Å². The van der Waals surface area contributed by atoms with Gasteiger partial charge in [0.25, 0.3) is 0 Å². The van der Waals surface area contributed by atoms with Crippen LogP contribution in [0.5, 0.6) is 5.75 Å². The number of hydrogen-bond acceptors (Lipinski definition) is 8. The molecule has 1 fully saturated rings. The predicted molar refractivity (Wildman–Crippen MR) is 137 cm³/mol. The number of carbonyl (C=O) groups excluding carboxylic acids is 1. The van der Waals surface area contributed by atoms with E-state index in [4.69, 9.17) is 14.2 Å². The molecule has 0 aliphatic carbocycles. The van der Waals surface area contributed by atoms with Crippen molar-refractivity contribution >= 4 is 11.9 Å². The van der Waals surface area contributed by atoms with Gasteiger partial charge >= 0.3 is 12.3 Å². The molecule has 1 saturated heterocycles. The number of anilines is 1. The predicted octanol–water partition coefficient (Wildman–Crippen LogP) is 5.10. The SMILES string of the molecule is COCOc1cc(C(F)(F)F)cc(C)c1-c1cc2c(nn1)N([C@@H]1CCCN(C(=O)OC(C)(C)C)C1)CCC2O. The standard InChI is InChI=1S/C27H35F3N4O5/c1-16-11-17(27(28,29)30)12-22(38-15-37-5)23(16)20-13-19-21(35)8-10-34(24(19)32-31-20)18-7-6-9-33(14-18)25(36)39-26(2,3)4/h11-13,18,21,35H,6-10,14-15H2,1-5H3/t18-,21?/m1/s1. The third-order valence-corrected chi connectivity index (χ3v) is 6.78. The van der Waals surface area contributed by atoms with E-state index in [1.807, 2.05) is 20.8 Å². The third kappa shape index (κ3) is 6.55. The van der Waals surface area contributed by atoms with E-state index in [9.17, 15) is 23.1 Å². The summed E-state index contributed by atoms with van der Waals surface area (Å²) in [5.41, 5.74) is -0.000724. The van der Waals surface area contributed by atoms with E-state index in [0.717, 1.165) is 25.0 Å². The van der Waals surface area contributed by atoms with Crippen LogP contribution in [0.2, 0.25) is 0 Å². The second kappa shape index (κ2) is 11.2. The number of piperidine rings is 1. The van der Waals surface area contributed by atoms with Crippen molar-refractivity contribution in [2.75, 3.05) is 38.4 Å². The Kier molecular flexibility index (Phi) is 8.27. The number of rotatable bonds is 5. The van der Waals surface area contributed by atoms with Crippen LogP contribution < -0.4 is 9.64 Å². The molecule has 9 nitrogen and oxygen atoms in total. The van der Waals surface area contributed by atoms with Crippen LogP contribution in [-0.2, 0) is 15.7 Å². The van der Waals surface area contributed by atoms with Gasteiger partial charge in [0.2, 0.25) is 0 Å². The Morgan fingerprint density at radius 2 is 1.87 bits per heavy atom. The van der Waals surface area contributed by atoms with Crippen molar-refractivity contribution in [2.24, 2.45) is 0 Å². The lowest BCUT2D eigenvalue weighted by Gasteiger charge is -2.43. The minimum Gasteiger partial charge on any atom is -0.467 e. The molecule has 1 aromatic heterocycles. The van der Waals surface area contributed by atoms with Crippen LogP contribution in [0.15, 0.2) is 18.2 Å². The fourth-order valence-electron chi connectivity index (χ4n) is 5.05. The topological polar surface area (TPSA) is 97.3 Å². The number of aliphatic hydroxyl groups excluding tert-OH is 1. The first-order chi connectivity index (χ1) is 18.3. The first-order valence-electron chi connectivity index (χ1n) is 12.9. The molecule has 2 aliphatic heterocycles. The number of nitrogens with zero attached hydrogens (tertiary/aromatic N) is 4. The highest BCUT2D eigenvalue weighted by Crippen LogP contribution is 2.42. The van der Waals surface area contributed by atoms with E-state index in [0.29, 0.717) is 48.6 Å². The fraction of sp³-hybridized carbons (Fsp3) is 0.593. The molecule has 2 atom stereocenters. The molecule has 2 aliphatic rings. The molecule has 3 heterocycles. The maximum atomic E-state index is 13.5. The summed E-state index contributed by atoms with van der Waals surface area (Å²) in [7, 11) is 1.37. The number of aromatic nitrogens is 2. The summed E-state index contributed by atoms with van der Waals surface area (Å²) in [5.74, 6) is 0.457. The van der Waals surface area contributed by atoms with Gasteiger partial charge in [-0.15, -0.1) is 10.2 Å². The number of benzene rings is 1. The first-order valence-corrected chi connectivity index (χ1v) is 12.9. The Morgan fingerprint density at radius 3 is 2.54 bits per heavy atom. The van der Waals surface area contributed by atoms with Crippen LogP contribution in [0.1, 0.15) is 62.8 Å². The molecule has 1 amide bonds. The zero-order valence-corrected chi connectivity index (χ0v) is 22.8. The Hall–Kier alpha value is -3.12. The van der Waals surface area contributed by atoms with Crippen molar-refractivity contribution < 1.29 is 37.3 Å². The second-order valence-electron chi connectivity index (χ2n) is 10.9. The molecule has 0 bridgehead atoms. The van der Waals surface area contributed by atoms with Gasteiger partial charge < -0.3 is 29.1 Å². The van der Waals surface area contributed by atoms with Gasteiger partial charge in [0.15, 0.2) is 12.6 Å². The quantitative estimate of drug-likeness (QED) is 0.512. The molecule has 0 saturated carbocycles. The fourth-order valence-corrected chi connectivity index (χ4v) is 5.05. The lowest BCUT2D eigenvalue weighted by Crippen LogP contribution is -2.52. The van der Waals surface area contributed by atoms with E-state index < -0.39 is 23.4 Å². The minimum absolute atomic E-state index is 0.0409. The summed E-state index contributed by atoms with van der Waals surface area (Å²) in [5, 5.41) is 19.7. The average molecular weight is 553 g/mol. The van der Waals surface area contributed by atoms with Crippen LogP contribution in [0.4, 0.5) is 23.8 Å². The smallest absolute Gasteiger partial charge is 0.416 e. The molecule has 12 heteroatoms. The number of amides is 1. The summed E-state index contributed by atoms with van der Waals surface area (Å²) in [4.78, 5) is 16.4. The van der Waals surface area contributed by atoms with Crippen molar-refractivity contribution in [3.63, 3.8) is 0 Å². The van der Waals surface area contributed by atoms with Crippen molar-refractivity contribution in [3.05, 3.63) is 34.9 Å². The Labute approximate surface area is 225 Å². The maximum absolute atomic E-state index is 13.5. The number of halogens is 3. The molecule has 1 N–H and O–H groups in total. The largest absolute Gasteiger partial charge is 0.467 e. The summed E-state index contributed by atoms with van der Waals surface area (Å²) >= 11 is 0. The Bertz CT molecular complexity index is 1200. The van der Waals surface area contributed by atoms with E-state index in [1.54, 1.807) is 17.9 Å². The van der Waals surface area contributed by atoms with Gasteiger partial charge in [0, 0.05) is 43.9 Å². The second-order valence-corrected chi connectivity index (χ2v) is 10.9. The number of hydrogen-bond donors (Lipinski definition) is 1. The van der Waals surface area contributed by atoms with Gasteiger partial charge in [-0.05, 0) is 70.7 Å². The molecule has 1 unspecified atom stereocenters.